The van der Waals surface area contributed by atoms with Gasteiger partial charge in [-0.1, -0.05) is 80.6 Å². The molecule has 1 heterocycles. The van der Waals surface area contributed by atoms with Crippen LogP contribution >= 0.6 is 0 Å². The van der Waals surface area contributed by atoms with Crippen molar-refractivity contribution in [2.45, 2.75) is 38.7 Å². The zero-order valence-electron chi connectivity index (χ0n) is 20.4. The molecule has 0 spiro atoms. The minimum atomic E-state index is -1.71. The predicted molar refractivity (Wildman–Crippen MR) is 142 cm³/mol. The van der Waals surface area contributed by atoms with Crippen LogP contribution in [0.1, 0.15) is 36.3 Å². The van der Waals surface area contributed by atoms with Crippen LogP contribution in [0.2, 0.25) is 0 Å². The number of carbonyl (C=O) groups excluding carboxylic acids is 2. The van der Waals surface area contributed by atoms with Crippen molar-refractivity contribution >= 4 is 40.6 Å². The van der Waals surface area contributed by atoms with Crippen LogP contribution in [0.4, 0.5) is 0 Å². The Morgan fingerprint density at radius 3 is 2.25 bits per heavy atom. The van der Waals surface area contributed by atoms with Gasteiger partial charge >= 0.3 is 7.12 Å². The van der Waals surface area contributed by atoms with Crippen LogP contribution in [0.25, 0.3) is 21.7 Å². The summed E-state index contributed by atoms with van der Waals surface area (Å²) < 4.78 is 0. The largest absolute Gasteiger partial charge is 0.475 e. The van der Waals surface area contributed by atoms with Gasteiger partial charge in [0.15, 0.2) is 0 Å². The molecule has 8 heteroatoms. The van der Waals surface area contributed by atoms with Crippen molar-refractivity contribution in [1.82, 2.24) is 15.6 Å². The van der Waals surface area contributed by atoms with Crippen LogP contribution in [0, 0.1) is 5.92 Å². The maximum Gasteiger partial charge on any atom is 0.475 e. The Kier molecular flexibility index (Phi) is 7.98. The Hall–Kier alpha value is -3.75. The first kappa shape index (κ1) is 25.4. The predicted octanol–water partition coefficient (Wildman–Crippen LogP) is 3.27. The van der Waals surface area contributed by atoms with Gasteiger partial charge in [-0.25, -0.2) is 4.98 Å². The molecule has 0 aliphatic carbocycles. The van der Waals surface area contributed by atoms with E-state index < -0.39 is 30.9 Å². The quantitative estimate of drug-likeness (QED) is 0.273. The number of aromatic nitrogens is 1. The van der Waals surface area contributed by atoms with Crippen molar-refractivity contribution in [2.75, 3.05) is 0 Å². The fourth-order valence-corrected chi connectivity index (χ4v) is 4.28. The van der Waals surface area contributed by atoms with Gasteiger partial charge in [-0.15, -0.1) is 0 Å². The first-order chi connectivity index (χ1) is 17.3. The summed E-state index contributed by atoms with van der Waals surface area (Å²) in [5.41, 5.74) is 1.75. The molecule has 0 unspecified atom stereocenters. The zero-order chi connectivity index (χ0) is 25.7. The summed E-state index contributed by atoms with van der Waals surface area (Å²) >= 11 is 0. The normalized spacial score (nSPS) is 12.9. The van der Waals surface area contributed by atoms with E-state index in [9.17, 15) is 19.6 Å². The van der Waals surface area contributed by atoms with E-state index in [0.717, 1.165) is 21.7 Å². The average Bonchev–Trinajstić information content (AvgIpc) is 2.87. The van der Waals surface area contributed by atoms with Crippen molar-refractivity contribution < 1.29 is 19.6 Å². The molecule has 0 bridgehead atoms. The molecule has 4 N–H and O–H groups in total. The Morgan fingerprint density at radius 2 is 1.53 bits per heavy atom. The van der Waals surface area contributed by atoms with E-state index in [0.29, 0.717) is 11.9 Å². The summed E-state index contributed by atoms with van der Waals surface area (Å²) in [5.74, 6) is -1.69. The minimum Gasteiger partial charge on any atom is -0.426 e. The number of nitrogens with zero attached hydrogens (tertiary/aromatic N) is 1. The van der Waals surface area contributed by atoms with Gasteiger partial charge in [0.1, 0.15) is 11.7 Å². The zero-order valence-corrected chi connectivity index (χ0v) is 20.4. The van der Waals surface area contributed by atoms with Gasteiger partial charge in [0.2, 0.25) is 5.91 Å². The smallest absolute Gasteiger partial charge is 0.426 e. The summed E-state index contributed by atoms with van der Waals surface area (Å²) in [6, 6.07) is 23.8. The second-order valence-electron chi connectivity index (χ2n) is 9.46. The van der Waals surface area contributed by atoms with Crippen molar-refractivity contribution in [3.8, 4) is 0 Å². The minimum absolute atomic E-state index is 0.132. The van der Waals surface area contributed by atoms with Crippen LogP contribution in [0.15, 0.2) is 78.9 Å². The molecule has 2 amide bonds. The molecule has 4 rings (SSSR count). The number of rotatable bonds is 9. The molecule has 36 heavy (non-hydrogen) atoms. The lowest BCUT2D eigenvalue weighted by molar-refractivity contribution is -0.123. The van der Waals surface area contributed by atoms with Crippen LogP contribution in [0.5, 0.6) is 0 Å². The SMILES string of the molecule is CC(C)C[C@H](NC(=O)[C@H](Cc1ccc2ccccc2c1)NC(=O)c1ccc2ccccc2n1)B(O)O. The third-order valence-corrected chi connectivity index (χ3v) is 6.12. The number of pyridine rings is 1. The van der Waals surface area contributed by atoms with E-state index in [1.807, 2.05) is 86.6 Å². The third-order valence-electron chi connectivity index (χ3n) is 6.12. The molecule has 184 valence electrons. The molecular weight excluding hydrogens is 453 g/mol. The van der Waals surface area contributed by atoms with Crippen LogP contribution in [0.3, 0.4) is 0 Å². The summed E-state index contributed by atoms with van der Waals surface area (Å²) in [7, 11) is -1.71. The third kappa shape index (κ3) is 6.27. The number of nitrogens with one attached hydrogen (secondary N) is 2. The summed E-state index contributed by atoms with van der Waals surface area (Å²) in [5, 5.41) is 28.2. The van der Waals surface area contributed by atoms with Gasteiger partial charge in [-0.05, 0) is 40.8 Å². The molecule has 0 radical (unpaired) electrons. The van der Waals surface area contributed by atoms with E-state index in [4.69, 9.17) is 0 Å². The standard InChI is InChI=1S/C28H30BN3O4/c1-18(2)15-26(29(35)36)32-28(34)25(17-19-11-12-20-7-3-4-9-22(20)16-19)31-27(33)24-14-13-21-8-5-6-10-23(21)30-24/h3-14,16,18,25-26,35-36H,15,17H2,1-2H3,(H,31,33)(H,32,34)/t25-,26-/m0/s1. The Labute approximate surface area is 210 Å². The van der Waals surface area contributed by atoms with E-state index in [1.54, 1.807) is 6.07 Å². The molecule has 0 aliphatic heterocycles. The molecule has 3 aromatic carbocycles. The molecule has 4 aromatic rings. The van der Waals surface area contributed by atoms with Crippen LogP contribution < -0.4 is 10.6 Å². The van der Waals surface area contributed by atoms with Crippen LogP contribution in [-0.2, 0) is 11.2 Å². The molecule has 7 nitrogen and oxygen atoms in total. The van der Waals surface area contributed by atoms with E-state index >= 15 is 0 Å². The number of amides is 2. The molecule has 0 saturated heterocycles. The highest BCUT2D eigenvalue weighted by atomic mass is 16.4. The van der Waals surface area contributed by atoms with Gasteiger partial charge in [-0.3, -0.25) is 9.59 Å². The van der Waals surface area contributed by atoms with Gasteiger partial charge in [-0.2, -0.15) is 0 Å². The van der Waals surface area contributed by atoms with Crippen molar-refractivity contribution in [1.29, 1.82) is 0 Å². The van der Waals surface area contributed by atoms with Gasteiger partial charge in [0.05, 0.1) is 11.5 Å². The number of hydrogen-bond donors (Lipinski definition) is 4. The topological polar surface area (TPSA) is 112 Å². The summed E-state index contributed by atoms with van der Waals surface area (Å²) in [6.07, 6.45) is 0.609. The van der Waals surface area contributed by atoms with E-state index in [-0.39, 0.29) is 18.0 Å². The molecule has 0 aliphatic rings. The number of benzene rings is 3. The van der Waals surface area contributed by atoms with Gasteiger partial charge in [0, 0.05) is 11.8 Å². The maximum atomic E-state index is 13.3. The Bertz CT molecular complexity index is 1380. The second kappa shape index (κ2) is 11.3. The van der Waals surface area contributed by atoms with Crippen LogP contribution in [-0.4, -0.2) is 45.9 Å². The highest BCUT2D eigenvalue weighted by Gasteiger charge is 2.30. The lowest BCUT2D eigenvalue weighted by Crippen LogP contribution is -2.55. The van der Waals surface area contributed by atoms with E-state index in [2.05, 4.69) is 15.6 Å². The molecule has 0 fully saturated rings. The highest BCUT2D eigenvalue weighted by molar-refractivity contribution is 6.43. The average molecular weight is 483 g/mol. The van der Waals surface area contributed by atoms with Gasteiger partial charge in [0.25, 0.3) is 5.91 Å². The lowest BCUT2D eigenvalue weighted by atomic mass is 9.75. The van der Waals surface area contributed by atoms with Crippen molar-refractivity contribution in [3.63, 3.8) is 0 Å². The Morgan fingerprint density at radius 1 is 0.861 bits per heavy atom. The highest BCUT2D eigenvalue weighted by Crippen LogP contribution is 2.18. The lowest BCUT2D eigenvalue weighted by Gasteiger charge is -2.24. The number of carbonyl (C=O) groups is 2. The molecular formula is C28H30BN3O4. The van der Waals surface area contributed by atoms with Gasteiger partial charge < -0.3 is 20.7 Å². The fourth-order valence-electron chi connectivity index (χ4n) is 4.28. The maximum absolute atomic E-state index is 13.3. The number of para-hydroxylation sites is 1. The fraction of sp³-hybridized carbons (Fsp3) is 0.250. The molecule has 2 atom stereocenters. The second-order valence-corrected chi connectivity index (χ2v) is 9.46. The van der Waals surface area contributed by atoms with Crippen molar-refractivity contribution in [3.05, 3.63) is 90.1 Å². The Balaban J connectivity index is 1.59. The van der Waals surface area contributed by atoms with Crippen molar-refractivity contribution in [2.24, 2.45) is 5.92 Å². The number of hydrogen-bond acceptors (Lipinski definition) is 5. The first-order valence-electron chi connectivity index (χ1n) is 12.1. The first-order valence-corrected chi connectivity index (χ1v) is 12.1. The summed E-state index contributed by atoms with van der Waals surface area (Å²) in [6.45, 7) is 3.86. The molecule has 1 aromatic heterocycles. The summed E-state index contributed by atoms with van der Waals surface area (Å²) in [4.78, 5) is 30.9. The molecule has 0 saturated carbocycles. The monoisotopic (exact) mass is 483 g/mol. The van der Waals surface area contributed by atoms with E-state index in [1.165, 1.54) is 0 Å². The number of fused-ring (bicyclic) bond motifs is 2.